The van der Waals surface area contributed by atoms with Gasteiger partial charge in [0.2, 0.25) is 0 Å². The third-order valence-corrected chi connectivity index (χ3v) is 5.36. The van der Waals surface area contributed by atoms with Crippen molar-refractivity contribution in [1.29, 1.82) is 5.26 Å². The second-order valence-corrected chi connectivity index (χ2v) is 8.19. The number of aryl methyl sites for hydroxylation is 1. The zero-order valence-electron chi connectivity index (χ0n) is 18.4. The summed E-state index contributed by atoms with van der Waals surface area (Å²) in [5.74, 6) is 2.18. The lowest BCUT2D eigenvalue weighted by molar-refractivity contribution is 0.584. The van der Waals surface area contributed by atoms with Gasteiger partial charge in [0.1, 0.15) is 17.5 Å². The molecule has 3 aromatic rings. The standard InChI is InChI=1S/C23H28N6O/c1-7-15-10-16-8-9-17(11-18(16)25-22(15)30)23(2,14-24)13-19-26-20(28(3)4)12-21(27-19)29(5)6/h8-12H,7,13H2,1-6H3,(H,25,30). The van der Waals surface area contributed by atoms with Crippen LogP contribution in [0, 0.1) is 11.3 Å². The van der Waals surface area contributed by atoms with Gasteiger partial charge in [-0.2, -0.15) is 5.26 Å². The minimum Gasteiger partial charge on any atom is -0.363 e. The highest BCUT2D eigenvalue weighted by Gasteiger charge is 2.29. The number of rotatable bonds is 6. The molecule has 0 amide bonds. The number of benzene rings is 1. The Morgan fingerprint density at radius 2 is 1.70 bits per heavy atom. The Morgan fingerprint density at radius 1 is 1.07 bits per heavy atom. The lowest BCUT2D eigenvalue weighted by Gasteiger charge is -2.24. The molecule has 0 spiro atoms. The lowest BCUT2D eigenvalue weighted by Crippen LogP contribution is -2.26. The summed E-state index contributed by atoms with van der Waals surface area (Å²) in [7, 11) is 7.72. The summed E-state index contributed by atoms with van der Waals surface area (Å²) in [5, 5.41) is 11.0. The SMILES string of the molecule is CCc1cc2ccc(C(C)(C#N)Cc3nc(N(C)C)cc(N(C)C)n3)cc2[nH]c1=O. The Kier molecular flexibility index (Phi) is 5.79. The summed E-state index contributed by atoms with van der Waals surface area (Å²) in [6.45, 7) is 3.84. The van der Waals surface area contributed by atoms with Crippen molar-refractivity contribution in [3.8, 4) is 6.07 Å². The number of hydrogen-bond donors (Lipinski definition) is 1. The van der Waals surface area contributed by atoms with Crippen LogP contribution in [0.3, 0.4) is 0 Å². The molecule has 0 aliphatic rings. The third-order valence-electron chi connectivity index (χ3n) is 5.36. The number of anilines is 2. The number of H-pyrrole nitrogens is 1. The van der Waals surface area contributed by atoms with Gasteiger partial charge in [-0.3, -0.25) is 4.79 Å². The normalized spacial score (nSPS) is 13.0. The molecule has 1 aromatic carbocycles. The smallest absolute Gasteiger partial charge is 0.251 e. The molecule has 2 heterocycles. The van der Waals surface area contributed by atoms with E-state index < -0.39 is 5.41 Å². The number of hydrogen-bond acceptors (Lipinski definition) is 6. The van der Waals surface area contributed by atoms with Gasteiger partial charge in [-0.05, 0) is 36.4 Å². The summed E-state index contributed by atoms with van der Waals surface area (Å²) >= 11 is 0. The van der Waals surface area contributed by atoms with Gasteiger partial charge >= 0.3 is 0 Å². The Bertz CT molecular complexity index is 1150. The number of pyridine rings is 1. The first-order chi connectivity index (χ1) is 14.2. The molecule has 2 aromatic heterocycles. The van der Waals surface area contributed by atoms with E-state index in [2.05, 4.69) is 21.0 Å². The Morgan fingerprint density at radius 3 is 2.23 bits per heavy atom. The molecule has 156 valence electrons. The molecule has 1 atom stereocenters. The summed E-state index contributed by atoms with van der Waals surface area (Å²) in [4.78, 5) is 28.3. The number of nitriles is 1. The maximum absolute atomic E-state index is 12.2. The van der Waals surface area contributed by atoms with Crippen molar-refractivity contribution in [2.45, 2.75) is 32.1 Å². The van der Waals surface area contributed by atoms with Crippen molar-refractivity contribution in [3.63, 3.8) is 0 Å². The average molecular weight is 405 g/mol. The van der Waals surface area contributed by atoms with Crippen LogP contribution in [0.1, 0.15) is 30.8 Å². The third kappa shape index (κ3) is 4.13. The van der Waals surface area contributed by atoms with Crippen LogP contribution in [0.25, 0.3) is 10.9 Å². The Hall–Kier alpha value is -3.40. The number of fused-ring (bicyclic) bond motifs is 1. The highest BCUT2D eigenvalue weighted by molar-refractivity contribution is 5.80. The van der Waals surface area contributed by atoms with Crippen LogP contribution in [-0.4, -0.2) is 43.1 Å². The number of aromatic amines is 1. The maximum atomic E-state index is 12.2. The molecule has 0 aliphatic carbocycles. The molecule has 0 bridgehead atoms. The van der Waals surface area contributed by atoms with E-state index in [1.54, 1.807) is 0 Å². The summed E-state index contributed by atoms with van der Waals surface area (Å²) in [6.07, 6.45) is 1.03. The van der Waals surface area contributed by atoms with Gasteiger partial charge in [-0.25, -0.2) is 9.97 Å². The van der Waals surface area contributed by atoms with Gasteiger partial charge in [-0.15, -0.1) is 0 Å². The van der Waals surface area contributed by atoms with E-state index in [9.17, 15) is 10.1 Å². The molecule has 1 N–H and O–H groups in total. The molecule has 1 unspecified atom stereocenters. The van der Waals surface area contributed by atoms with Crippen molar-refractivity contribution < 1.29 is 0 Å². The zero-order valence-corrected chi connectivity index (χ0v) is 18.4. The summed E-state index contributed by atoms with van der Waals surface area (Å²) in [6, 6.07) is 12.1. The van der Waals surface area contributed by atoms with Crippen molar-refractivity contribution in [3.05, 3.63) is 57.6 Å². The van der Waals surface area contributed by atoms with E-state index in [4.69, 9.17) is 0 Å². The summed E-state index contributed by atoms with van der Waals surface area (Å²) in [5.41, 5.74) is 1.38. The van der Waals surface area contributed by atoms with E-state index in [1.807, 2.05) is 82.2 Å². The first kappa shape index (κ1) is 21.3. The van der Waals surface area contributed by atoms with Crippen LogP contribution in [0.15, 0.2) is 35.1 Å². The van der Waals surface area contributed by atoms with E-state index in [0.29, 0.717) is 18.7 Å². The molecule has 0 saturated carbocycles. The minimum absolute atomic E-state index is 0.0848. The van der Waals surface area contributed by atoms with Crippen molar-refractivity contribution in [1.82, 2.24) is 15.0 Å². The van der Waals surface area contributed by atoms with Crippen molar-refractivity contribution in [2.75, 3.05) is 38.0 Å². The van der Waals surface area contributed by atoms with Crippen LogP contribution in [0.4, 0.5) is 11.6 Å². The van der Waals surface area contributed by atoms with Gasteiger partial charge < -0.3 is 14.8 Å². The largest absolute Gasteiger partial charge is 0.363 e. The van der Waals surface area contributed by atoms with Crippen LogP contribution in [0.5, 0.6) is 0 Å². The van der Waals surface area contributed by atoms with Crippen molar-refractivity contribution in [2.24, 2.45) is 0 Å². The zero-order chi connectivity index (χ0) is 22.1. The first-order valence-corrected chi connectivity index (χ1v) is 9.97. The second kappa shape index (κ2) is 8.15. The van der Waals surface area contributed by atoms with Gasteiger partial charge in [0.15, 0.2) is 0 Å². The Labute approximate surface area is 177 Å². The molecule has 0 aliphatic heterocycles. The average Bonchev–Trinajstić information content (AvgIpc) is 2.72. The van der Waals surface area contributed by atoms with Crippen LogP contribution < -0.4 is 15.4 Å². The fraction of sp³-hybridized carbons (Fsp3) is 0.391. The quantitative estimate of drug-likeness (QED) is 0.679. The molecule has 30 heavy (non-hydrogen) atoms. The fourth-order valence-corrected chi connectivity index (χ4v) is 3.38. The predicted octanol–water partition coefficient (Wildman–Crippen LogP) is 3.04. The van der Waals surface area contributed by atoms with Gasteiger partial charge in [0.05, 0.1) is 11.5 Å². The van der Waals surface area contributed by atoms with Gasteiger partial charge in [0.25, 0.3) is 5.56 Å². The minimum atomic E-state index is -0.844. The molecular weight excluding hydrogens is 376 g/mol. The lowest BCUT2D eigenvalue weighted by atomic mass is 9.80. The topological polar surface area (TPSA) is 88.9 Å². The van der Waals surface area contributed by atoms with Gasteiger partial charge in [0, 0.05) is 51.8 Å². The molecule has 0 saturated heterocycles. The van der Waals surface area contributed by atoms with E-state index in [-0.39, 0.29) is 5.56 Å². The second-order valence-electron chi connectivity index (χ2n) is 8.19. The molecular formula is C23H28N6O. The first-order valence-electron chi connectivity index (χ1n) is 9.97. The van der Waals surface area contributed by atoms with Crippen LogP contribution >= 0.6 is 0 Å². The number of aromatic nitrogens is 3. The van der Waals surface area contributed by atoms with Crippen LogP contribution in [-0.2, 0) is 18.3 Å². The van der Waals surface area contributed by atoms with Gasteiger partial charge in [-0.1, -0.05) is 19.1 Å². The molecule has 7 heteroatoms. The summed E-state index contributed by atoms with van der Waals surface area (Å²) < 4.78 is 0. The highest BCUT2D eigenvalue weighted by atomic mass is 16.1. The molecule has 3 rings (SSSR count). The van der Waals surface area contributed by atoms with E-state index in [1.165, 1.54) is 0 Å². The number of nitrogens with zero attached hydrogens (tertiary/aromatic N) is 5. The monoisotopic (exact) mass is 404 g/mol. The molecule has 7 nitrogen and oxygen atoms in total. The van der Waals surface area contributed by atoms with Crippen molar-refractivity contribution >= 4 is 22.5 Å². The predicted molar refractivity (Wildman–Crippen MR) is 121 cm³/mol. The molecule has 0 radical (unpaired) electrons. The van der Waals surface area contributed by atoms with E-state index >= 15 is 0 Å². The van der Waals surface area contributed by atoms with Crippen LogP contribution in [0.2, 0.25) is 0 Å². The number of nitrogens with one attached hydrogen (secondary N) is 1. The molecule has 0 fully saturated rings. The fourth-order valence-electron chi connectivity index (χ4n) is 3.38. The highest BCUT2D eigenvalue weighted by Crippen LogP contribution is 2.30. The van der Waals surface area contributed by atoms with E-state index in [0.717, 1.165) is 33.7 Å². The maximum Gasteiger partial charge on any atom is 0.251 e. The Balaban J connectivity index is 2.06.